The van der Waals surface area contributed by atoms with Crippen LogP contribution in [0.2, 0.25) is 0 Å². The highest BCUT2D eigenvalue weighted by Crippen LogP contribution is 2.31. The van der Waals surface area contributed by atoms with Gasteiger partial charge in [-0.1, -0.05) is 13.3 Å². The topological polar surface area (TPSA) is 0 Å². The molecule has 0 aromatic rings. The van der Waals surface area contributed by atoms with Crippen LogP contribution in [0, 0.1) is 12.3 Å². The normalized spacial score (nSPS) is 35.3. The second-order valence-electron chi connectivity index (χ2n) is 2.81. The maximum atomic E-state index is 5.92. The summed E-state index contributed by atoms with van der Waals surface area (Å²) >= 11 is 5.92. The molecule has 1 fully saturated rings. The van der Waals surface area contributed by atoms with Crippen molar-refractivity contribution in [1.82, 2.24) is 0 Å². The summed E-state index contributed by atoms with van der Waals surface area (Å²) in [5.74, 6) is 0.831. The Morgan fingerprint density at radius 1 is 1.56 bits per heavy atom. The first-order valence-corrected chi connectivity index (χ1v) is 4.24. The molecule has 1 heteroatoms. The summed E-state index contributed by atoms with van der Waals surface area (Å²) in [6.07, 6.45) is 7.36. The van der Waals surface area contributed by atoms with E-state index < -0.39 is 0 Å². The zero-order chi connectivity index (χ0) is 6.69. The Bertz CT molecular complexity index is 78.6. The van der Waals surface area contributed by atoms with E-state index in [0.29, 0.717) is 5.38 Å². The molecule has 2 atom stereocenters. The number of rotatable bonds is 2. The van der Waals surface area contributed by atoms with Crippen LogP contribution in [0.5, 0.6) is 0 Å². The average molecular weight is 146 g/mol. The summed E-state index contributed by atoms with van der Waals surface area (Å²) in [6, 6.07) is 0. The highest BCUT2D eigenvalue weighted by Gasteiger charge is 2.21. The minimum Gasteiger partial charge on any atom is -0.123 e. The molecule has 1 rings (SSSR count). The second kappa shape index (κ2) is 3.46. The Morgan fingerprint density at radius 3 is 2.78 bits per heavy atom. The lowest BCUT2D eigenvalue weighted by atomic mass is 10.0. The second-order valence-corrected chi connectivity index (χ2v) is 3.43. The molecular weight excluding hydrogens is 132 g/mol. The van der Waals surface area contributed by atoms with Crippen LogP contribution in [0.4, 0.5) is 0 Å². The van der Waals surface area contributed by atoms with E-state index in [9.17, 15) is 0 Å². The lowest BCUT2D eigenvalue weighted by Crippen LogP contribution is -1.94. The van der Waals surface area contributed by atoms with Crippen molar-refractivity contribution in [2.24, 2.45) is 5.92 Å². The molecule has 0 saturated heterocycles. The van der Waals surface area contributed by atoms with Crippen molar-refractivity contribution in [3.8, 4) is 0 Å². The maximum Gasteiger partial charge on any atom is 0.0338 e. The molecule has 1 aliphatic rings. The van der Waals surface area contributed by atoms with E-state index in [2.05, 4.69) is 13.3 Å². The van der Waals surface area contributed by atoms with Crippen molar-refractivity contribution < 1.29 is 0 Å². The van der Waals surface area contributed by atoms with E-state index >= 15 is 0 Å². The van der Waals surface area contributed by atoms with Gasteiger partial charge in [0.15, 0.2) is 0 Å². The highest BCUT2D eigenvalue weighted by atomic mass is 35.5. The first kappa shape index (κ1) is 7.40. The van der Waals surface area contributed by atoms with E-state index in [-0.39, 0.29) is 0 Å². The van der Waals surface area contributed by atoms with Gasteiger partial charge in [0.05, 0.1) is 0 Å². The van der Waals surface area contributed by atoms with Gasteiger partial charge in [-0.25, -0.2) is 0 Å². The van der Waals surface area contributed by atoms with Gasteiger partial charge in [-0.3, -0.25) is 0 Å². The average Bonchev–Trinajstić information content (AvgIpc) is 2.17. The smallest absolute Gasteiger partial charge is 0.0338 e. The fraction of sp³-hybridized carbons (Fsp3) is 0.875. The Hall–Kier alpha value is 0.290. The largest absolute Gasteiger partial charge is 0.123 e. The molecular formula is C8H14Cl. The molecule has 9 heavy (non-hydrogen) atoms. The van der Waals surface area contributed by atoms with E-state index in [1.54, 1.807) is 0 Å². The third-order valence-corrected chi connectivity index (χ3v) is 2.37. The highest BCUT2D eigenvalue weighted by molar-refractivity contribution is 6.20. The molecule has 2 unspecified atom stereocenters. The number of hydrogen-bond donors (Lipinski definition) is 0. The van der Waals surface area contributed by atoms with Crippen LogP contribution in [0.25, 0.3) is 0 Å². The molecule has 0 amide bonds. The molecule has 1 saturated carbocycles. The van der Waals surface area contributed by atoms with Crippen LogP contribution in [-0.2, 0) is 0 Å². The zero-order valence-corrected chi connectivity index (χ0v) is 6.69. The van der Waals surface area contributed by atoms with E-state index in [1.165, 1.54) is 25.7 Å². The van der Waals surface area contributed by atoms with Gasteiger partial charge in [0.2, 0.25) is 0 Å². The molecule has 0 spiro atoms. The van der Waals surface area contributed by atoms with Gasteiger partial charge in [-0.2, -0.15) is 0 Å². The number of alkyl halides is 1. The molecule has 0 nitrogen and oxygen atoms in total. The van der Waals surface area contributed by atoms with Crippen molar-refractivity contribution >= 4 is 11.6 Å². The lowest BCUT2D eigenvalue weighted by Gasteiger charge is -2.03. The van der Waals surface area contributed by atoms with Gasteiger partial charge < -0.3 is 0 Å². The van der Waals surface area contributed by atoms with Crippen LogP contribution in [0.15, 0.2) is 0 Å². The molecule has 1 aliphatic carbocycles. The summed E-state index contributed by atoms with van der Waals surface area (Å²) in [7, 11) is 0. The van der Waals surface area contributed by atoms with Crippen molar-refractivity contribution in [3.63, 3.8) is 0 Å². The SMILES string of the molecule is CC[CH]C1CCC(Cl)C1. The summed E-state index contributed by atoms with van der Waals surface area (Å²) < 4.78 is 0. The summed E-state index contributed by atoms with van der Waals surface area (Å²) in [5.41, 5.74) is 0. The van der Waals surface area contributed by atoms with Crippen molar-refractivity contribution in [3.05, 3.63) is 6.42 Å². The summed E-state index contributed by atoms with van der Waals surface area (Å²) in [4.78, 5) is 0. The molecule has 0 bridgehead atoms. The fourth-order valence-corrected chi connectivity index (χ4v) is 1.86. The monoisotopic (exact) mass is 145 g/mol. The zero-order valence-electron chi connectivity index (χ0n) is 5.94. The van der Waals surface area contributed by atoms with Gasteiger partial charge >= 0.3 is 0 Å². The summed E-state index contributed by atoms with van der Waals surface area (Å²) in [5, 5.41) is 0.470. The van der Waals surface area contributed by atoms with E-state index in [4.69, 9.17) is 11.6 Å². The number of halogens is 1. The minimum atomic E-state index is 0.470. The van der Waals surface area contributed by atoms with Crippen LogP contribution >= 0.6 is 11.6 Å². The Kier molecular flexibility index (Phi) is 2.84. The molecule has 0 aromatic carbocycles. The molecule has 0 heterocycles. The Morgan fingerprint density at radius 2 is 2.33 bits per heavy atom. The van der Waals surface area contributed by atoms with Crippen molar-refractivity contribution in [2.45, 2.75) is 38.0 Å². The van der Waals surface area contributed by atoms with Gasteiger partial charge in [-0.15, -0.1) is 11.6 Å². The summed E-state index contributed by atoms with van der Waals surface area (Å²) in [6.45, 7) is 2.20. The third-order valence-electron chi connectivity index (χ3n) is 1.98. The Labute approximate surface area is 62.6 Å². The molecule has 0 N–H and O–H groups in total. The quantitative estimate of drug-likeness (QED) is 0.524. The molecule has 0 aromatic heterocycles. The van der Waals surface area contributed by atoms with Gasteiger partial charge in [0.25, 0.3) is 0 Å². The van der Waals surface area contributed by atoms with Crippen molar-refractivity contribution in [1.29, 1.82) is 0 Å². The van der Waals surface area contributed by atoms with E-state index in [0.717, 1.165) is 5.92 Å². The van der Waals surface area contributed by atoms with Crippen LogP contribution < -0.4 is 0 Å². The van der Waals surface area contributed by atoms with E-state index in [1.807, 2.05) is 0 Å². The first-order valence-electron chi connectivity index (χ1n) is 3.80. The molecule has 1 radical (unpaired) electrons. The third kappa shape index (κ3) is 2.17. The molecule has 0 aliphatic heterocycles. The van der Waals surface area contributed by atoms with Crippen molar-refractivity contribution in [2.75, 3.05) is 0 Å². The van der Waals surface area contributed by atoms with Gasteiger partial charge in [0.1, 0.15) is 0 Å². The van der Waals surface area contributed by atoms with Gasteiger partial charge in [-0.05, 0) is 31.6 Å². The molecule has 53 valence electrons. The first-order chi connectivity index (χ1) is 4.33. The van der Waals surface area contributed by atoms with Crippen LogP contribution in [0.1, 0.15) is 32.6 Å². The van der Waals surface area contributed by atoms with Crippen LogP contribution in [-0.4, -0.2) is 5.38 Å². The van der Waals surface area contributed by atoms with Gasteiger partial charge in [0, 0.05) is 5.38 Å². The Balaban J connectivity index is 2.14. The van der Waals surface area contributed by atoms with Crippen LogP contribution in [0.3, 0.4) is 0 Å². The standard InChI is InChI=1S/C8H14Cl/c1-2-3-7-4-5-8(9)6-7/h3,7-8H,2,4-6H2,1H3. The minimum absolute atomic E-state index is 0.470. The predicted molar refractivity (Wildman–Crippen MR) is 41.6 cm³/mol. The number of hydrogen-bond acceptors (Lipinski definition) is 0. The maximum absolute atomic E-state index is 5.92. The lowest BCUT2D eigenvalue weighted by molar-refractivity contribution is 0.613. The fourth-order valence-electron chi connectivity index (χ4n) is 1.51. The predicted octanol–water partition coefficient (Wildman–Crippen LogP) is 3.01.